The van der Waals surface area contributed by atoms with Crippen LogP contribution in [0.3, 0.4) is 0 Å². The second-order valence-electron chi connectivity index (χ2n) is 3.92. The summed E-state index contributed by atoms with van der Waals surface area (Å²) in [7, 11) is -3.81. The van der Waals surface area contributed by atoms with Crippen molar-refractivity contribution in [3.8, 4) is 0 Å². The molecule has 0 amide bonds. The van der Waals surface area contributed by atoms with Crippen molar-refractivity contribution in [1.82, 2.24) is 0 Å². The summed E-state index contributed by atoms with van der Waals surface area (Å²) in [5.74, 6) is -1.14. The van der Waals surface area contributed by atoms with Crippen molar-refractivity contribution in [2.24, 2.45) is 0 Å². The van der Waals surface area contributed by atoms with Gasteiger partial charge in [0.2, 0.25) is 0 Å². The van der Waals surface area contributed by atoms with Crippen LogP contribution in [0.1, 0.15) is 14.5 Å². The Morgan fingerprint density at radius 3 is 2.55 bits per heavy atom. The Labute approximate surface area is 128 Å². The second-order valence-corrected chi connectivity index (χ2v) is 7.68. The van der Waals surface area contributed by atoms with E-state index in [0.29, 0.717) is 15.0 Å². The molecule has 1 aromatic heterocycles. The second kappa shape index (κ2) is 5.55. The van der Waals surface area contributed by atoms with Gasteiger partial charge in [0.1, 0.15) is 9.77 Å². The van der Waals surface area contributed by atoms with Crippen LogP contribution in [0.15, 0.2) is 39.7 Å². The molecule has 0 aliphatic heterocycles. The molecular weight excluding hydrogens is 366 g/mol. The van der Waals surface area contributed by atoms with Crippen LogP contribution >= 0.6 is 27.3 Å². The zero-order valence-electron chi connectivity index (χ0n) is 10.3. The van der Waals surface area contributed by atoms with Gasteiger partial charge >= 0.3 is 5.97 Å². The first-order valence-electron chi connectivity index (χ1n) is 5.42. The minimum absolute atomic E-state index is 0.00463. The van der Waals surface area contributed by atoms with Crippen LogP contribution < -0.4 is 4.72 Å². The Balaban J connectivity index is 2.41. The number of anilines is 1. The van der Waals surface area contributed by atoms with Gasteiger partial charge in [-0.1, -0.05) is 12.1 Å². The largest absolute Gasteiger partial charge is 0.477 e. The van der Waals surface area contributed by atoms with E-state index in [0.717, 1.165) is 11.3 Å². The molecule has 0 radical (unpaired) electrons. The number of nitrogens with one attached hydrogen (secondary N) is 1. The molecule has 0 saturated carbocycles. The van der Waals surface area contributed by atoms with E-state index in [4.69, 9.17) is 5.11 Å². The van der Waals surface area contributed by atoms with Gasteiger partial charge in [0.25, 0.3) is 10.0 Å². The quantitative estimate of drug-likeness (QED) is 0.858. The maximum absolute atomic E-state index is 12.3. The summed E-state index contributed by atoms with van der Waals surface area (Å²) in [6.45, 7) is 1.58. The molecule has 20 heavy (non-hydrogen) atoms. The smallest absolute Gasteiger partial charge is 0.345 e. The fourth-order valence-corrected chi connectivity index (χ4v) is 4.61. The molecule has 1 heterocycles. The molecule has 1 aromatic carbocycles. The minimum Gasteiger partial charge on any atom is -0.477 e. The van der Waals surface area contributed by atoms with Gasteiger partial charge in [0.05, 0.1) is 5.69 Å². The van der Waals surface area contributed by atoms with Crippen molar-refractivity contribution < 1.29 is 18.3 Å². The van der Waals surface area contributed by atoms with Crippen molar-refractivity contribution in [3.63, 3.8) is 0 Å². The lowest BCUT2D eigenvalue weighted by Crippen LogP contribution is -2.13. The van der Waals surface area contributed by atoms with Crippen LogP contribution in [0.25, 0.3) is 0 Å². The first kappa shape index (κ1) is 15.0. The number of aromatic carboxylic acids is 1. The maximum atomic E-state index is 12.3. The summed E-state index contributed by atoms with van der Waals surface area (Å²) >= 11 is 4.18. The SMILES string of the molecule is Cc1sc(C(=O)O)cc1S(=O)(=O)Nc1ccccc1Br. The van der Waals surface area contributed by atoms with E-state index in [1.807, 2.05) is 0 Å². The van der Waals surface area contributed by atoms with Crippen LogP contribution in [0, 0.1) is 6.92 Å². The highest BCUT2D eigenvalue weighted by Gasteiger charge is 2.22. The molecule has 0 unspecified atom stereocenters. The Bertz CT molecular complexity index is 768. The number of para-hydroxylation sites is 1. The highest BCUT2D eigenvalue weighted by atomic mass is 79.9. The van der Waals surface area contributed by atoms with Gasteiger partial charge in [0.15, 0.2) is 0 Å². The number of hydrogen-bond acceptors (Lipinski definition) is 4. The summed E-state index contributed by atoms with van der Waals surface area (Å²) < 4.78 is 27.6. The van der Waals surface area contributed by atoms with E-state index in [1.54, 1.807) is 31.2 Å². The van der Waals surface area contributed by atoms with Gasteiger partial charge in [0, 0.05) is 9.35 Å². The van der Waals surface area contributed by atoms with E-state index >= 15 is 0 Å². The molecule has 0 spiro atoms. The first-order chi connectivity index (χ1) is 9.31. The standard InChI is InChI=1S/C12H10BrNO4S2/c1-7-11(6-10(19-7)12(15)16)20(17,18)14-9-5-3-2-4-8(9)13/h2-6,14H,1H3,(H,15,16). The Morgan fingerprint density at radius 1 is 1.35 bits per heavy atom. The molecule has 106 valence electrons. The summed E-state index contributed by atoms with van der Waals surface area (Å²) in [6.07, 6.45) is 0. The third-order valence-electron chi connectivity index (χ3n) is 2.49. The lowest BCUT2D eigenvalue weighted by atomic mass is 10.3. The number of carboxylic acid groups (broad SMARTS) is 1. The molecule has 5 nitrogen and oxygen atoms in total. The van der Waals surface area contributed by atoms with Crippen molar-refractivity contribution >= 4 is 48.9 Å². The molecule has 0 fully saturated rings. The van der Waals surface area contributed by atoms with E-state index in [-0.39, 0.29) is 9.77 Å². The van der Waals surface area contributed by atoms with Crippen LogP contribution in [-0.4, -0.2) is 19.5 Å². The fourth-order valence-electron chi connectivity index (χ4n) is 1.58. The molecular formula is C12H10BrNO4S2. The summed E-state index contributed by atoms with van der Waals surface area (Å²) in [6, 6.07) is 7.95. The highest BCUT2D eigenvalue weighted by Crippen LogP contribution is 2.29. The van der Waals surface area contributed by atoms with Gasteiger partial charge in [-0.2, -0.15) is 0 Å². The zero-order chi connectivity index (χ0) is 14.9. The molecule has 0 saturated heterocycles. The van der Waals surface area contributed by atoms with E-state index in [9.17, 15) is 13.2 Å². The number of aryl methyl sites for hydroxylation is 1. The maximum Gasteiger partial charge on any atom is 0.345 e. The monoisotopic (exact) mass is 375 g/mol. The highest BCUT2D eigenvalue weighted by molar-refractivity contribution is 9.10. The van der Waals surface area contributed by atoms with Crippen molar-refractivity contribution in [3.05, 3.63) is 44.6 Å². The predicted octanol–water partition coefficient (Wildman–Crippen LogP) is 3.32. The van der Waals surface area contributed by atoms with Crippen LogP contribution in [0.4, 0.5) is 5.69 Å². The number of thiophene rings is 1. The molecule has 0 aliphatic rings. The Kier molecular flexibility index (Phi) is 4.17. The minimum atomic E-state index is -3.81. The lowest BCUT2D eigenvalue weighted by molar-refractivity contribution is 0.0702. The Hall–Kier alpha value is -1.38. The van der Waals surface area contributed by atoms with Gasteiger partial charge in [-0.25, -0.2) is 13.2 Å². The summed E-state index contributed by atoms with van der Waals surface area (Å²) in [5, 5.41) is 8.91. The molecule has 0 bridgehead atoms. The molecule has 0 aliphatic carbocycles. The predicted molar refractivity (Wildman–Crippen MR) is 81.0 cm³/mol. The average Bonchev–Trinajstić information content (AvgIpc) is 2.75. The van der Waals surface area contributed by atoms with Gasteiger partial charge in [-0.05, 0) is 41.1 Å². The zero-order valence-corrected chi connectivity index (χ0v) is 13.5. The summed E-state index contributed by atoms with van der Waals surface area (Å²) in [5.41, 5.74) is 0.398. The summed E-state index contributed by atoms with van der Waals surface area (Å²) in [4.78, 5) is 11.3. The van der Waals surface area contributed by atoms with E-state index < -0.39 is 16.0 Å². The van der Waals surface area contributed by atoms with E-state index in [1.165, 1.54) is 6.07 Å². The third kappa shape index (κ3) is 3.02. The molecule has 2 rings (SSSR count). The fraction of sp³-hybridized carbons (Fsp3) is 0.0833. The van der Waals surface area contributed by atoms with Crippen molar-refractivity contribution in [1.29, 1.82) is 0 Å². The third-order valence-corrected chi connectivity index (χ3v) is 5.84. The van der Waals surface area contributed by atoms with Gasteiger partial charge in [-0.15, -0.1) is 11.3 Å². The number of sulfonamides is 1. The van der Waals surface area contributed by atoms with Crippen molar-refractivity contribution in [2.75, 3.05) is 4.72 Å². The molecule has 2 N–H and O–H groups in total. The van der Waals surface area contributed by atoms with E-state index in [2.05, 4.69) is 20.7 Å². The molecule has 2 aromatic rings. The van der Waals surface area contributed by atoms with Crippen LogP contribution in [-0.2, 0) is 10.0 Å². The number of carboxylic acids is 1. The topological polar surface area (TPSA) is 83.5 Å². The lowest BCUT2D eigenvalue weighted by Gasteiger charge is -2.08. The first-order valence-corrected chi connectivity index (χ1v) is 8.51. The number of benzene rings is 1. The van der Waals surface area contributed by atoms with Crippen LogP contribution in [0.2, 0.25) is 0 Å². The average molecular weight is 376 g/mol. The number of hydrogen-bond donors (Lipinski definition) is 2. The Morgan fingerprint density at radius 2 is 2.00 bits per heavy atom. The molecule has 0 atom stereocenters. The number of carbonyl (C=O) groups is 1. The number of halogens is 1. The van der Waals surface area contributed by atoms with Crippen LogP contribution in [0.5, 0.6) is 0 Å². The molecule has 8 heteroatoms. The van der Waals surface area contributed by atoms with Gasteiger partial charge in [-0.3, -0.25) is 4.72 Å². The normalized spacial score (nSPS) is 11.3. The number of rotatable bonds is 4. The van der Waals surface area contributed by atoms with Crippen molar-refractivity contribution in [2.45, 2.75) is 11.8 Å². The van der Waals surface area contributed by atoms with Gasteiger partial charge < -0.3 is 5.11 Å².